The number of hydrogen-bond donors (Lipinski definition) is 0. The van der Waals surface area contributed by atoms with Crippen LogP contribution in [-0.4, -0.2) is 42.4 Å². The molecule has 4 nitrogen and oxygen atoms in total. The van der Waals surface area contributed by atoms with Gasteiger partial charge in [-0.05, 0) is 32.5 Å². The lowest BCUT2D eigenvalue weighted by atomic mass is 10.0. The number of hydrogen-bond acceptors (Lipinski definition) is 5. The van der Waals surface area contributed by atoms with Crippen molar-refractivity contribution in [1.82, 2.24) is 4.90 Å². The van der Waals surface area contributed by atoms with E-state index in [4.69, 9.17) is 14.2 Å². The SMILES string of the molecule is CN1[C@H](CSCc2ccccc2)c2ccccc2O[C@H]1[C@H]1COC(C)(C)O1. The Balaban J connectivity index is 1.50. The fourth-order valence-electron chi connectivity index (χ4n) is 3.74. The van der Waals surface area contributed by atoms with Crippen molar-refractivity contribution >= 4 is 11.8 Å². The Labute approximate surface area is 165 Å². The summed E-state index contributed by atoms with van der Waals surface area (Å²) in [6.07, 6.45) is -0.246. The number of benzene rings is 2. The van der Waals surface area contributed by atoms with Crippen LogP contribution in [0.5, 0.6) is 5.75 Å². The molecule has 27 heavy (non-hydrogen) atoms. The van der Waals surface area contributed by atoms with Crippen molar-refractivity contribution < 1.29 is 14.2 Å². The van der Waals surface area contributed by atoms with Crippen LogP contribution in [0.4, 0.5) is 0 Å². The summed E-state index contributed by atoms with van der Waals surface area (Å²) >= 11 is 1.96. The Hall–Kier alpha value is -1.53. The minimum atomic E-state index is -0.552. The van der Waals surface area contributed by atoms with Gasteiger partial charge in [0.05, 0.1) is 12.6 Å². The van der Waals surface area contributed by atoms with E-state index in [1.54, 1.807) is 0 Å². The number of rotatable bonds is 5. The summed E-state index contributed by atoms with van der Waals surface area (Å²) < 4.78 is 18.2. The summed E-state index contributed by atoms with van der Waals surface area (Å²) in [5.41, 5.74) is 2.60. The van der Waals surface area contributed by atoms with Gasteiger partial charge in [0.1, 0.15) is 11.9 Å². The number of ether oxygens (including phenoxy) is 3. The van der Waals surface area contributed by atoms with Crippen molar-refractivity contribution in [3.63, 3.8) is 0 Å². The molecule has 0 aromatic heterocycles. The zero-order valence-corrected chi connectivity index (χ0v) is 16.9. The standard InChI is InChI=1S/C22H27NO3S/c1-22(2)24-13-20(26-22)21-23(3)18(17-11-7-8-12-19(17)25-21)15-27-14-16-9-5-4-6-10-16/h4-12,18,20-21H,13-15H2,1-3H3/t18-,20-,21+/m1/s1. The molecule has 5 heteroatoms. The van der Waals surface area contributed by atoms with Gasteiger partial charge in [-0.2, -0.15) is 11.8 Å². The van der Waals surface area contributed by atoms with Crippen LogP contribution in [-0.2, 0) is 15.2 Å². The smallest absolute Gasteiger partial charge is 0.181 e. The highest BCUT2D eigenvalue weighted by molar-refractivity contribution is 7.98. The van der Waals surface area contributed by atoms with E-state index in [2.05, 4.69) is 60.5 Å². The van der Waals surface area contributed by atoms with Gasteiger partial charge in [0.15, 0.2) is 12.0 Å². The first-order chi connectivity index (χ1) is 13.0. The molecular weight excluding hydrogens is 358 g/mol. The molecule has 2 aliphatic rings. The molecule has 0 aliphatic carbocycles. The molecule has 144 valence electrons. The summed E-state index contributed by atoms with van der Waals surface area (Å²) in [6.45, 7) is 4.46. The third-order valence-corrected chi connectivity index (χ3v) is 6.24. The van der Waals surface area contributed by atoms with E-state index in [9.17, 15) is 0 Å². The molecule has 1 saturated heterocycles. The van der Waals surface area contributed by atoms with Crippen LogP contribution in [0.25, 0.3) is 0 Å². The van der Waals surface area contributed by atoms with Crippen LogP contribution in [0.15, 0.2) is 54.6 Å². The second-order valence-electron chi connectivity index (χ2n) is 7.60. The fraction of sp³-hybridized carbons (Fsp3) is 0.455. The lowest BCUT2D eigenvalue weighted by Gasteiger charge is -2.42. The van der Waals surface area contributed by atoms with Crippen molar-refractivity contribution in [2.24, 2.45) is 0 Å². The Bertz CT molecular complexity index is 767. The fourth-order valence-corrected chi connectivity index (χ4v) is 4.92. The Morgan fingerprint density at radius 3 is 2.56 bits per heavy atom. The quantitative estimate of drug-likeness (QED) is 0.758. The zero-order valence-electron chi connectivity index (χ0n) is 16.1. The third-order valence-electron chi connectivity index (χ3n) is 5.15. The van der Waals surface area contributed by atoms with Crippen molar-refractivity contribution in [1.29, 1.82) is 0 Å². The van der Waals surface area contributed by atoms with Crippen LogP contribution in [0.2, 0.25) is 0 Å². The van der Waals surface area contributed by atoms with Crippen LogP contribution in [0.3, 0.4) is 0 Å². The molecule has 0 bridgehead atoms. The van der Waals surface area contributed by atoms with Crippen molar-refractivity contribution in [3.8, 4) is 5.75 Å². The maximum Gasteiger partial charge on any atom is 0.181 e. The maximum absolute atomic E-state index is 6.33. The molecule has 4 rings (SSSR count). The number of thioether (sulfide) groups is 1. The van der Waals surface area contributed by atoms with Gasteiger partial charge in [-0.25, -0.2) is 0 Å². The Morgan fingerprint density at radius 2 is 1.81 bits per heavy atom. The molecule has 0 spiro atoms. The van der Waals surface area contributed by atoms with Crippen LogP contribution < -0.4 is 4.74 Å². The van der Waals surface area contributed by atoms with Gasteiger partial charge in [0.25, 0.3) is 0 Å². The topological polar surface area (TPSA) is 30.9 Å². The second-order valence-corrected chi connectivity index (χ2v) is 8.63. The molecule has 0 amide bonds. The summed E-state index contributed by atoms with van der Waals surface area (Å²) in [6, 6.07) is 19.3. The lowest BCUT2D eigenvalue weighted by molar-refractivity contribution is -0.167. The largest absolute Gasteiger partial charge is 0.472 e. The van der Waals surface area contributed by atoms with E-state index in [-0.39, 0.29) is 18.4 Å². The summed E-state index contributed by atoms with van der Waals surface area (Å²) in [5.74, 6) is 2.41. The van der Waals surface area contributed by atoms with Gasteiger partial charge >= 0.3 is 0 Å². The number of fused-ring (bicyclic) bond motifs is 1. The predicted molar refractivity (Wildman–Crippen MR) is 109 cm³/mol. The first-order valence-corrected chi connectivity index (χ1v) is 10.6. The molecule has 2 aromatic rings. The Kier molecular flexibility index (Phi) is 5.46. The Morgan fingerprint density at radius 1 is 1.07 bits per heavy atom. The van der Waals surface area contributed by atoms with E-state index in [0.29, 0.717) is 6.61 Å². The van der Waals surface area contributed by atoms with E-state index < -0.39 is 5.79 Å². The van der Waals surface area contributed by atoms with Crippen molar-refractivity contribution in [2.75, 3.05) is 19.4 Å². The molecule has 0 unspecified atom stereocenters. The minimum Gasteiger partial charge on any atom is -0.472 e. The first-order valence-electron chi connectivity index (χ1n) is 9.44. The highest BCUT2D eigenvalue weighted by Crippen LogP contribution is 2.40. The highest BCUT2D eigenvalue weighted by Gasteiger charge is 2.44. The lowest BCUT2D eigenvalue weighted by Crippen LogP contribution is -2.51. The molecule has 2 heterocycles. The summed E-state index contributed by atoms with van der Waals surface area (Å²) in [5, 5.41) is 0. The summed E-state index contributed by atoms with van der Waals surface area (Å²) in [4.78, 5) is 2.30. The number of nitrogens with zero attached hydrogens (tertiary/aromatic N) is 1. The van der Waals surface area contributed by atoms with Gasteiger partial charge in [0.2, 0.25) is 0 Å². The number of para-hydroxylation sites is 1. The molecule has 2 aromatic carbocycles. The molecule has 1 fully saturated rings. The second kappa shape index (κ2) is 7.84. The van der Waals surface area contributed by atoms with Crippen molar-refractivity contribution in [3.05, 3.63) is 65.7 Å². The van der Waals surface area contributed by atoms with E-state index in [1.807, 2.05) is 31.7 Å². The van der Waals surface area contributed by atoms with Crippen LogP contribution in [0.1, 0.15) is 31.0 Å². The van der Waals surface area contributed by atoms with Gasteiger partial charge in [0, 0.05) is 17.1 Å². The first kappa shape index (κ1) is 18.8. The van der Waals surface area contributed by atoms with Crippen molar-refractivity contribution in [2.45, 2.75) is 43.8 Å². The van der Waals surface area contributed by atoms with Crippen LogP contribution in [0, 0.1) is 0 Å². The monoisotopic (exact) mass is 385 g/mol. The van der Waals surface area contributed by atoms with E-state index in [1.165, 1.54) is 11.1 Å². The van der Waals surface area contributed by atoms with E-state index in [0.717, 1.165) is 17.3 Å². The number of likely N-dealkylation sites (N-methyl/N-ethyl adjacent to an activating group) is 1. The van der Waals surface area contributed by atoms with Gasteiger partial charge < -0.3 is 14.2 Å². The molecular formula is C22H27NO3S. The molecule has 0 saturated carbocycles. The normalized spacial score (nSPS) is 27.1. The van der Waals surface area contributed by atoms with Gasteiger partial charge in [-0.15, -0.1) is 0 Å². The maximum atomic E-state index is 6.33. The van der Waals surface area contributed by atoms with Gasteiger partial charge in [-0.1, -0.05) is 48.5 Å². The molecule has 0 N–H and O–H groups in total. The molecule has 3 atom stereocenters. The van der Waals surface area contributed by atoms with Gasteiger partial charge in [-0.3, -0.25) is 4.90 Å². The average molecular weight is 386 g/mol. The zero-order chi connectivity index (χ0) is 18.9. The third kappa shape index (κ3) is 4.16. The molecule has 0 radical (unpaired) electrons. The summed E-state index contributed by atoms with van der Waals surface area (Å²) in [7, 11) is 2.13. The predicted octanol–water partition coefficient (Wildman–Crippen LogP) is 4.46. The average Bonchev–Trinajstić information content (AvgIpc) is 3.03. The van der Waals surface area contributed by atoms with E-state index >= 15 is 0 Å². The highest BCUT2D eigenvalue weighted by atomic mass is 32.2. The molecule has 2 aliphatic heterocycles. The van der Waals surface area contributed by atoms with Crippen LogP contribution >= 0.6 is 11.8 Å². The minimum absolute atomic E-state index is 0.0972.